The molecular weight excluding hydrogens is 330 g/mol. The molecule has 0 bridgehead atoms. The number of pyridine rings is 1. The van der Waals surface area contributed by atoms with Gasteiger partial charge in [-0.25, -0.2) is 4.79 Å². The molecule has 2 atom stereocenters. The van der Waals surface area contributed by atoms with Crippen LogP contribution in [0.3, 0.4) is 0 Å². The predicted octanol–water partition coefficient (Wildman–Crippen LogP) is 4.02. The van der Waals surface area contributed by atoms with Crippen molar-refractivity contribution in [1.82, 2.24) is 20.5 Å². The SMILES string of the molecule is Cc1ncccc1Nc1cc([C@H]2CC[C@@H](NC(=O)OC(C)(C)C)C2)[nH]n1. The predicted molar refractivity (Wildman–Crippen MR) is 101 cm³/mol. The van der Waals surface area contributed by atoms with Crippen LogP contribution in [0, 0.1) is 6.92 Å². The molecule has 140 valence electrons. The number of rotatable bonds is 4. The summed E-state index contributed by atoms with van der Waals surface area (Å²) in [5, 5.41) is 13.7. The number of ether oxygens (including phenoxy) is 1. The van der Waals surface area contributed by atoms with Crippen LogP contribution >= 0.6 is 0 Å². The van der Waals surface area contributed by atoms with E-state index in [9.17, 15) is 4.79 Å². The molecule has 1 saturated carbocycles. The lowest BCUT2D eigenvalue weighted by atomic mass is 10.0. The Morgan fingerprint density at radius 1 is 1.35 bits per heavy atom. The van der Waals surface area contributed by atoms with E-state index >= 15 is 0 Å². The summed E-state index contributed by atoms with van der Waals surface area (Å²) in [6.07, 6.45) is 4.25. The van der Waals surface area contributed by atoms with Gasteiger partial charge in [0.15, 0.2) is 5.82 Å². The molecule has 0 saturated heterocycles. The van der Waals surface area contributed by atoms with Crippen LogP contribution in [-0.2, 0) is 4.74 Å². The molecule has 2 aromatic heterocycles. The highest BCUT2D eigenvalue weighted by molar-refractivity contribution is 5.68. The molecule has 26 heavy (non-hydrogen) atoms. The van der Waals surface area contributed by atoms with Crippen LogP contribution in [0.25, 0.3) is 0 Å². The van der Waals surface area contributed by atoms with Gasteiger partial charge < -0.3 is 15.4 Å². The minimum atomic E-state index is -0.476. The van der Waals surface area contributed by atoms with Gasteiger partial charge in [0.05, 0.1) is 11.4 Å². The third kappa shape index (κ3) is 4.74. The molecule has 0 aromatic carbocycles. The van der Waals surface area contributed by atoms with Crippen molar-refractivity contribution >= 4 is 17.6 Å². The van der Waals surface area contributed by atoms with Gasteiger partial charge in [0, 0.05) is 29.9 Å². The third-order valence-electron chi connectivity index (χ3n) is 4.46. The number of hydrogen-bond acceptors (Lipinski definition) is 5. The summed E-state index contributed by atoms with van der Waals surface area (Å²) in [4.78, 5) is 16.2. The minimum Gasteiger partial charge on any atom is -0.444 e. The lowest BCUT2D eigenvalue weighted by molar-refractivity contribution is 0.0505. The van der Waals surface area contributed by atoms with Crippen LogP contribution in [0.5, 0.6) is 0 Å². The van der Waals surface area contributed by atoms with Crippen molar-refractivity contribution in [1.29, 1.82) is 0 Å². The first-order valence-corrected chi connectivity index (χ1v) is 9.03. The summed E-state index contributed by atoms with van der Waals surface area (Å²) in [6, 6.07) is 6.04. The van der Waals surface area contributed by atoms with Crippen LogP contribution < -0.4 is 10.6 Å². The number of aromatic nitrogens is 3. The maximum atomic E-state index is 11.9. The van der Waals surface area contributed by atoms with Gasteiger partial charge in [-0.2, -0.15) is 5.10 Å². The maximum absolute atomic E-state index is 11.9. The number of aromatic amines is 1. The Morgan fingerprint density at radius 2 is 2.15 bits per heavy atom. The molecule has 1 amide bonds. The second kappa shape index (κ2) is 7.35. The van der Waals surface area contributed by atoms with E-state index in [2.05, 4.69) is 25.8 Å². The lowest BCUT2D eigenvalue weighted by Crippen LogP contribution is -2.37. The average Bonchev–Trinajstić information content (AvgIpc) is 3.17. The number of nitrogens with one attached hydrogen (secondary N) is 3. The fourth-order valence-corrected chi connectivity index (χ4v) is 3.23. The van der Waals surface area contributed by atoms with E-state index in [1.807, 2.05) is 45.9 Å². The summed E-state index contributed by atoms with van der Waals surface area (Å²) >= 11 is 0. The Morgan fingerprint density at radius 3 is 2.88 bits per heavy atom. The summed E-state index contributed by atoms with van der Waals surface area (Å²) in [7, 11) is 0. The van der Waals surface area contributed by atoms with Gasteiger partial charge in [-0.1, -0.05) is 0 Å². The molecule has 0 unspecified atom stereocenters. The van der Waals surface area contributed by atoms with E-state index < -0.39 is 5.60 Å². The van der Waals surface area contributed by atoms with E-state index in [-0.39, 0.29) is 12.1 Å². The van der Waals surface area contributed by atoms with Gasteiger partial charge in [-0.3, -0.25) is 10.1 Å². The number of aryl methyl sites for hydroxylation is 1. The highest BCUT2D eigenvalue weighted by atomic mass is 16.6. The molecule has 7 nitrogen and oxygen atoms in total. The second-order valence-corrected chi connectivity index (χ2v) is 7.82. The zero-order chi connectivity index (χ0) is 18.7. The Labute approximate surface area is 153 Å². The largest absolute Gasteiger partial charge is 0.444 e. The summed E-state index contributed by atoms with van der Waals surface area (Å²) in [6.45, 7) is 7.56. The van der Waals surface area contributed by atoms with Gasteiger partial charge in [-0.15, -0.1) is 0 Å². The number of nitrogens with zero attached hydrogens (tertiary/aromatic N) is 2. The van der Waals surface area contributed by atoms with Gasteiger partial charge in [0.1, 0.15) is 5.60 Å². The van der Waals surface area contributed by atoms with Gasteiger partial charge in [0.25, 0.3) is 0 Å². The number of H-pyrrole nitrogens is 1. The molecule has 2 heterocycles. The van der Waals surface area contributed by atoms with Crippen molar-refractivity contribution in [2.75, 3.05) is 5.32 Å². The first-order chi connectivity index (χ1) is 12.3. The number of carbonyl (C=O) groups excluding carboxylic acids is 1. The normalized spacial score (nSPS) is 20.0. The van der Waals surface area contributed by atoms with Gasteiger partial charge in [-0.05, 0) is 59.1 Å². The van der Waals surface area contributed by atoms with Crippen LogP contribution in [0.2, 0.25) is 0 Å². The molecule has 0 aliphatic heterocycles. The monoisotopic (exact) mass is 357 g/mol. The van der Waals surface area contributed by atoms with Gasteiger partial charge >= 0.3 is 6.09 Å². The number of alkyl carbamates (subject to hydrolysis) is 1. The van der Waals surface area contributed by atoms with E-state index in [0.29, 0.717) is 5.92 Å². The maximum Gasteiger partial charge on any atom is 0.407 e. The van der Waals surface area contributed by atoms with Crippen LogP contribution in [0.1, 0.15) is 57.3 Å². The van der Waals surface area contributed by atoms with Crippen LogP contribution in [-0.4, -0.2) is 32.9 Å². The summed E-state index contributed by atoms with van der Waals surface area (Å²) < 4.78 is 5.34. The summed E-state index contributed by atoms with van der Waals surface area (Å²) in [5.74, 6) is 1.13. The van der Waals surface area contributed by atoms with Crippen molar-refractivity contribution in [3.8, 4) is 0 Å². The van der Waals surface area contributed by atoms with E-state index in [4.69, 9.17) is 4.74 Å². The molecule has 1 aliphatic carbocycles. The molecule has 0 radical (unpaired) electrons. The smallest absolute Gasteiger partial charge is 0.407 e. The number of amides is 1. The molecule has 3 N–H and O–H groups in total. The topological polar surface area (TPSA) is 91.9 Å². The Kier molecular flexibility index (Phi) is 5.15. The molecule has 7 heteroatoms. The van der Waals surface area contributed by atoms with Gasteiger partial charge in [0.2, 0.25) is 0 Å². The molecule has 1 fully saturated rings. The zero-order valence-corrected chi connectivity index (χ0v) is 15.8. The standard InChI is InChI=1S/C19H27N5O2/c1-12-15(6-5-9-20-12)22-17-11-16(23-24-17)13-7-8-14(10-13)21-18(25)26-19(2,3)4/h5-6,9,11,13-14H,7-8,10H2,1-4H3,(H,21,25)(H2,22,23,24)/t13-,14+/m0/s1. The van der Waals surface area contributed by atoms with Crippen LogP contribution in [0.4, 0.5) is 16.3 Å². The third-order valence-corrected chi connectivity index (χ3v) is 4.46. The first-order valence-electron chi connectivity index (χ1n) is 9.03. The highest BCUT2D eigenvalue weighted by Crippen LogP contribution is 2.34. The molecule has 3 rings (SSSR count). The fourth-order valence-electron chi connectivity index (χ4n) is 3.23. The highest BCUT2D eigenvalue weighted by Gasteiger charge is 2.29. The summed E-state index contributed by atoms with van der Waals surface area (Å²) in [5.41, 5.74) is 2.49. The molecule has 0 spiro atoms. The van der Waals surface area contributed by atoms with E-state index in [0.717, 1.165) is 42.2 Å². The quantitative estimate of drug-likeness (QED) is 0.769. The Balaban J connectivity index is 1.56. The number of anilines is 2. The lowest BCUT2D eigenvalue weighted by Gasteiger charge is -2.21. The Hall–Kier alpha value is -2.57. The fraction of sp³-hybridized carbons (Fsp3) is 0.526. The van der Waals surface area contributed by atoms with Crippen molar-refractivity contribution in [3.63, 3.8) is 0 Å². The molecule has 1 aliphatic rings. The first kappa shape index (κ1) is 18.2. The van der Waals surface area contributed by atoms with E-state index in [1.54, 1.807) is 6.20 Å². The molecular formula is C19H27N5O2. The van der Waals surface area contributed by atoms with Crippen molar-refractivity contribution in [3.05, 3.63) is 35.8 Å². The molecule has 2 aromatic rings. The van der Waals surface area contributed by atoms with Crippen molar-refractivity contribution in [2.45, 2.75) is 64.5 Å². The number of hydrogen-bond donors (Lipinski definition) is 3. The average molecular weight is 357 g/mol. The van der Waals surface area contributed by atoms with Crippen LogP contribution in [0.15, 0.2) is 24.4 Å². The number of carbonyl (C=O) groups is 1. The Bertz CT molecular complexity index is 765. The van der Waals surface area contributed by atoms with E-state index in [1.165, 1.54) is 0 Å². The minimum absolute atomic E-state index is 0.134. The van der Waals surface area contributed by atoms with Crippen molar-refractivity contribution < 1.29 is 9.53 Å². The van der Waals surface area contributed by atoms with Crippen molar-refractivity contribution in [2.24, 2.45) is 0 Å². The second-order valence-electron chi connectivity index (χ2n) is 7.82. The zero-order valence-electron chi connectivity index (χ0n) is 15.8.